The van der Waals surface area contributed by atoms with Gasteiger partial charge in [-0.1, -0.05) is 30.0 Å². The number of aromatic nitrogens is 1. The first-order chi connectivity index (χ1) is 16.6. The Morgan fingerprint density at radius 3 is 2.82 bits per heavy atom. The van der Waals surface area contributed by atoms with E-state index in [0.717, 1.165) is 53.7 Å². The lowest BCUT2D eigenvalue weighted by Crippen LogP contribution is -2.42. The van der Waals surface area contributed by atoms with Crippen LogP contribution in [-0.2, 0) is 0 Å². The van der Waals surface area contributed by atoms with E-state index in [1.807, 2.05) is 36.4 Å². The average molecular weight is 459 g/mol. The summed E-state index contributed by atoms with van der Waals surface area (Å²) in [6, 6.07) is 15.8. The number of likely N-dealkylation sites (tertiary alicyclic amines) is 1. The molecule has 1 fully saturated rings. The number of methoxy groups -OCH3 is 1. The third kappa shape index (κ3) is 5.77. The number of nitrogens with zero attached hydrogens (tertiary/aromatic N) is 2. The van der Waals surface area contributed by atoms with Crippen LogP contribution < -0.4 is 4.74 Å². The van der Waals surface area contributed by atoms with Gasteiger partial charge in [0.05, 0.1) is 25.3 Å². The predicted molar refractivity (Wildman–Crippen MR) is 136 cm³/mol. The Balaban J connectivity index is 1.34. The van der Waals surface area contributed by atoms with Crippen molar-refractivity contribution in [2.45, 2.75) is 32.3 Å². The molecule has 1 aliphatic heterocycles. The van der Waals surface area contributed by atoms with Crippen molar-refractivity contribution < 1.29 is 14.9 Å². The topological polar surface area (TPSA) is 65.8 Å². The molecule has 2 heterocycles. The van der Waals surface area contributed by atoms with Gasteiger partial charge >= 0.3 is 0 Å². The minimum Gasteiger partial charge on any atom is -0.497 e. The van der Waals surface area contributed by atoms with Crippen LogP contribution in [0.4, 0.5) is 0 Å². The van der Waals surface area contributed by atoms with Crippen molar-refractivity contribution in [1.82, 2.24) is 9.88 Å². The third-order valence-corrected chi connectivity index (χ3v) is 7.03. The Morgan fingerprint density at radius 1 is 1.18 bits per heavy atom. The summed E-state index contributed by atoms with van der Waals surface area (Å²) in [5.74, 6) is 7.94. The van der Waals surface area contributed by atoms with Gasteiger partial charge < -0.3 is 14.9 Å². The molecule has 3 atom stereocenters. The van der Waals surface area contributed by atoms with Crippen LogP contribution in [0.15, 0.2) is 54.7 Å². The summed E-state index contributed by atoms with van der Waals surface area (Å²) in [5, 5.41) is 22.0. The molecule has 0 aliphatic carbocycles. The van der Waals surface area contributed by atoms with E-state index in [0.29, 0.717) is 18.9 Å². The Kier molecular flexibility index (Phi) is 8.18. The maximum absolute atomic E-state index is 11.0. The summed E-state index contributed by atoms with van der Waals surface area (Å²) in [6.07, 6.45) is 3.72. The molecule has 34 heavy (non-hydrogen) atoms. The zero-order valence-corrected chi connectivity index (χ0v) is 20.1. The van der Waals surface area contributed by atoms with E-state index in [2.05, 4.69) is 40.8 Å². The van der Waals surface area contributed by atoms with E-state index < -0.39 is 6.10 Å². The lowest BCUT2D eigenvalue weighted by Gasteiger charge is -2.37. The maximum Gasteiger partial charge on any atom is 0.119 e. The molecule has 0 spiro atoms. The van der Waals surface area contributed by atoms with Crippen molar-refractivity contribution >= 4 is 10.9 Å². The van der Waals surface area contributed by atoms with E-state index in [9.17, 15) is 10.2 Å². The van der Waals surface area contributed by atoms with E-state index in [4.69, 9.17) is 4.74 Å². The van der Waals surface area contributed by atoms with E-state index >= 15 is 0 Å². The number of pyridine rings is 1. The number of aliphatic hydroxyl groups is 2. The molecule has 0 saturated carbocycles. The number of hydrogen-bond acceptors (Lipinski definition) is 5. The fourth-order valence-corrected chi connectivity index (χ4v) is 4.94. The molecule has 0 radical (unpaired) electrons. The molecule has 1 aromatic heterocycles. The molecule has 0 amide bonds. The first-order valence-electron chi connectivity index (χ1n) is 12.1. The fourth-order valence-electron chi connectivity index (χ4n) is 4.94. The molecule has 4 rings (SSSR count). The number of rotatable bonds is 7. The summed E-state index contributed by atoms with van der Waals surface area (Å²) in [6.45, 7) is 4.77. The summed E-state index contributed by atoms with van der Waals surface area (Å²) in [4.78, 5) is 6.75. The Hall–Kier alpha value is -2.91. The van der Waals surface area contributed by atoms with Crippen LogP contribution in [0, 0.1) is 30.6 Å². The quantitative estimate of drug-likeness (QED) is 0.516. The Bertz CT molecular complexity index is 1170. The highest BCUT2D eigenvalue weighted by molar-refractivity contribution is 5.83. The largest absolute Gasteiger partial charge is 0.497 e. The molecular weight excluding hydrogens is 424 g/mol. The van der Waals surface area contributed by atoms with Crippen molar-refractivity contribution in [3.05, 3.63) is 71.4 Å². The predicted octanol–water partition coefficient (Wildman–Crippen LogP) is 4.35. The SMILES string of the molecule is COc1ccc2nccc([C@H](O)CC[C@@H]3CCN(CC#Cc4ccccc4C)C[C@@H]3CO)c2c1. The van der Waals surface area contributed by atoms with E-state index in [1.54, 1.807) is 13.3 Å². The first kappa shape index (κ1) is 24.2. The second-order valence-corrected chi connectivity index (χ2v) is 9.22. The van der Waals surface area contributed by atoms with Gasteiger partial charge in [-0.05, 0) is 86.0 Å². The van der Waals surface area contributed by atoms with Gasteiger partial charge in [0.1, 0.15) is 5.75 Å². The smallest absolute Gasteiger partial charge is 0.119 e. The van der Waals surface area contributed by atoms with Crippen molar-refractivity contribution in [2.75, 3.05) is 33.4 Å². The molecule has 2 aromatic carbocycles. The van der Waals surface area contributed by atoms with Crippen molar-refractivity contribution in [1.29, 1.82) is 0 Å². The minimum atomic E-state index is -0.574. The van der Waals surface area contributed by atoms with Crippen molar-refractivity contribution in [2.24, 2.45) is 11.8 Å². The molecular formula is C29H34N2O3. The number of hydrogen-bond donors (Lipinski definition) is 2. The van der Waals surface area contributed by atoms with Crippen LogP contribution >= 0.6 is 0 Å². The van der Waals surface area contributed by atoms with Gasteiger partial charge in [0.2, 0.25) is 0 Å². The molecule has 1 saturated heterocycles. The highest BCUT2D eigenvalue weighted by Gasteiger charge is 2.29. The van der Waals surface area contributed by atoms with Crippen LogP contribution in [0.25, 0.3) is 10.9 Å². The second-order valence-electron chi connectivity index (χ2n) is 9.22. The van der Waals surface area contributed by atoms with Gasteiger partial charge in [-0.2, -0.15) is 0 Å². The average Bonchev–Trinajstić information content (AvgIpc) is 2.88. The highest BCUT2D eigenvalue weighted by Crippen LogP contribution is 2.33. The van der Waals surface area contributed by atoms with Gasteiger partial charge in [0.25, 0.3) is 0 Å². The van der Waals surface area contributed by atoms with Gasteiger partial charge in [0.15, 0.2) is 0 Å². The minimum absolute atomic E-state index is 0.165. The van der Waals surface area contributed by atoms with Crippen LogP contribution in [-0.4, -0.2) is 53.4 Å². The van der Waals surface area contributed by atoms with Crippen molar-refractivity contribution in [3.63, 3.8) is 0 Å². The van der Waals surface area contributed by atoms with Crippen molar-refractivity contribution in [3.8, 4) is 17.6 Å². The van der Waals surface area contributed by atoms with Crippen LogP contribution in [0.5, 0.6) is 5.75 Å². The highest BCUT2D eigenvalue weighted by atomic mass is 16.5. The van der Waals surface area contributed by atoms with E-state index in [1.165, 1.54) is 5.56 Å². The molecule has 1 aliphatic rings. The van der Waals surface area contributed by atoms with Gasteiger partial charge in [-0.3, -0.25) is 9.88 Å². The monoisotopic (exact) mass is 458 g/mol. The zero-order chi connectivity index (χ0) is 23.9. The van der Waals surface area contributed by atoms with E-state index in [-0.39, 0.29) is 12.5 Å². The Labute approximate surface area is 202 Å². The number of piperidine rings is 1. The number of aryl methyl sites for hydroxylation is 1. The third-order valence-electron chi connectivity index (χ3n) is 7.03. The lowest BCUT2D eigenvalue weighted by atomic mass is 9.81. The summed E-state index contributed by atoms with van der Waals surface area (Å²) >= 11 is 0. The molecule has 2 N–H and O–H groups in total. The molecule has 5 nitrogen and oxygen atoms in total. The summed E-state index contributed by atoms with van der Waals surface area (Å²) in [5.41, 5.74) is 4.01. The number of aliphatic hydroxyl groups excluding tert-OH is 2. The van der Waals surface area contributed by atoms with Gasteiger partial charge in [-0.15, -0.1) is 0 Å². The van der Waals surface area contributed by atoms with Crippen LogP contribution in [0.3, 0.4) is 0 Å². The zero-order valence-electron chi connectivity index (χ0n) is 20.1. The lowest BCUT2D eigenvalue weighted by molar-refractivity contribution is 0.0640. The molecule has 5 heteroatoms. The summed E-state index contributed by atoms with van der Waals surface area (Å²) < 4.78 is 5.36. The van der Waals surface area contributed by atoms with Gasteiger partial charge in [-0.25, -0.2) is 0 Å². The number of ether oxygens (including phenoxy) is 1. The molecule has 178 valence electrons. The normalized spacial score (nSPS) is 19.4. The molecule has 3 aromatic rings. The first-order valence-corrected chi connectivity index (χ1v) is 12.1. The van der Waals surface area contributed by atoms with Gasteiger partial charge in [0, 0.05) is 30.3 Å². The molecule has 0 bridgehead atoms. The second kappa shape index (κ2) is 11.5. The fraction of sp³-hybridized carbons (Fsp3) is 0.414. The standard InChI is InChI=1S/C29H34N2O3/c1-21-6-3-4-7-22(21)8-5-16-31-17-14-23(24(19-31)20-32)9-12-29(33)26-13-15-30-28-11-10-25(34-2)18-27(26)28/h3-4,6-7,10-11,13,15,18,23-24,29,32-33H,9,12,14,16-17,19-20H2,1-2H3/t23-,24-,29-/m1/s1. The van der Waals surface area contributed by atoms with Crippen LogP contribution in [0.2, 0.25) is 0 Å². The maximum atomic E-state index is 11.0. The number of benzene rings is 2. The van der Waals surface area contributed by atoms with Crippen LogP contribution in [0.1, 0.15) is 42.1 Å². The molecule has 0 unspecified atom stereocenters. The summed E-state index contributed by atoms with van der Waals surface area (Å²) in [7, 11) is 1.64. The Morgan fingerprint density at radius 2 is 2.03 bits per heavy atom. The number of fused-ring (bicyclic) bond motifs is 1.